The third-order valence-corrected chi connectivity index (χ3v) is 2.94. The highest BCUT2D eigenvalue weighted by molar-refractivity contribution is 5.70. The maximum absolute atomic E-state index is 5.70. The number of imidazole rings is 1. The van der Waals surface area contributed by atoms with E-state index in [1.807, 2.05) is 48.5 Å². The fourth-order valence-corrected chi connectivity index (χ4v) is 1.96. The minimum Gasteiger partial charge on any atom is -0.497 e. The number of benzene rings is 2. The Labute approximate surface area is 111 Å². The Morgan fingerprint density at radius 2 is 1.74 bits per heavy atom. The Hall–Kier alpha value is -2.49. The van der Waals surface area contributed by atoms with Gasteiger partial charge in [-0.25, -0.2) is 9.97 Å². The smallest absolute Gasteiger partial charge is 0.291 e. The van der Waals surface area contributed by atoms with Crippen LogP contribution in [0.1, 0.15) is 5.82 Å². The Balaban J connectivity index is 1.70. The summed E-state index contributed by atoms with van der Waals surface area (Å²) in [5.74, 6) is 2.58. The molecule has 0 unspecified atom stereocenters. The molecular formula is C15H15N2O2+. The molecule has 0 saturated heterocycles. The van der Waals surface area contributed by atoms with E-state index in [-0.39, 0.29) is 0 Å². The highest BCUT2D eigenvalue weighted by atomic mass is 16.5. The van der Waals surface area contributed by atoms with Gasteiger partial charge in [0.15, 0.2) is 17.6 Å². The van der Waals surface area contributed by atoms with E-state index < -0.39 is 0 Å². The van der Waals surface area contributed by atoms with Gasteiger partial charge in [0, 0.05) is 0 Å². The van der Waals surface area contributed by atoms with Gasteiger partial charge in [-0.2, -0.15) is 0 Å². The van der Waals surface area contributed by atoms with Crippen LogP contribution < -0.4 is 14.5 Å². The second-order valence-corrected chi connectivity index (χ2v) is 4.24. The third kappa shape index (κ3) is 2.52. The van der Waals surface area contributed by atoms with Gasteiger partial charge in [0.05, 0.1) is 7.11 Å². The average molecular weight is 255 g/mol. The SMILES string of the molecule is COc1ccc(OCc2[nH]c3ccccc3[nH+]2)cc1. The molecule has 1 heterocycles. The standard InChI is InChI=1S/C15H14N2O2/c1-18-11-6-8-12(9-7-11)19-10-15-16-13-4-2-3-5-14(13)17-15/h2-9H,10H2,1H3,(H,16,17)/p+1. The number of nitrogens with one attached hydrogen (secondary N) is 2. The first-order chi connectivity index (χ1) is 9.35. The molecule has 0 bridgehead atoms. The van der Waals surface area contributed by atoms with Gasteiger partial charge < -0.3 is 9.47 Å². The zero-order valence-corrected chi connectivity index (χ0v) is 10.6. The molecule has 96 valence electrons. The van der Waals surface area contributed by atoms with E-state index in [0.717, 1.165) is 28.4 Å². The van der Waals surface area contributed by atoms with Crippen molar-refractivity contribution in [2.75, 3.05) is 7.11 Å². The lowest BCUT2D eigenvalue weighted by molar-refractivity contribution is -0.362. The van der Waals surface area contributed by atoms with Gasteiger partial charge in [-0.3, -0.25) is 0 Å². The maximum Gasteiger partial charge on any atom is 0.291 e. The Morgan fingerprint density at radius 1 is 1.00 bits per heavy atom. The molecule has 0 saturated carbocycles. The molecule has 0 aliphatic carbocycles. The molecule has 0 amide bonds. The van der Waals surface area contributed by atoms with Crippen LogP contribution in [-0.4, -0.2) is 12.1 Å². The summed E-state index contributed by atoms with van der Waals surface area (Å²) >= 11 is 0. The van der Waals surface area contributed by atoms with Crippen LogP contribution in [0.25, 0.3) is 11.0 Å². The summed E-state index contributed by atoms with van der Waals surface area (Å²) in [6, 6.07) is 15.6. The summed E-state index contributed by atoms with van der Waals surface area (Å²) in [5.41, 5.74) is 2.16. The molecule has 0 aliphatic heterocycles. The Bertz CT molecular complexity index is 641. The molecule has 1 aromatic heterocycles. The predicted octanol–water partition coefficient (Wildman–Crippen LogP) is 2.57. The lowest BCUT2D eigenvalue weighted by Crippen LogP contribution is -2.10. The number of hydrogen-bond acceptors (Lipinski definition) is 2. The van der Waals surface area contributed by atoms with E-state index >= 15 is 0 Å². The lowest BCUT2D eigenvalue weighted by Gasteiger charge is -2.03. The van der Waals surface area contributed by atoms with Gasteiger partial charge in [0.2, 0.25) is 0 Å². The molecule has 0 spiro atoms. The molecule has 0 atom stereocenters. The first-order valence-corrected chi connectivity index (χ1v) is 6.11. The molecule has 0 radical (unpaired) electrons. The second kappa shape index (κ2) is 5.02. The monoisotopic (exact) mass is 255 g/mol. The minimum absolute atomic E-state index is 0.473. The number of rotatable bonds is 4. The zero-order valence-electron chi connectivity index (χ0n) is 10.6. The normalized spacial score (nSPS) is 10.6. The Kier molecular flexibility index (Phi) is 3.06. The van der Waals surface area contributed by atoms with Crippen LogP contribution in [-0.2, 0) is 6.61 Å². The van der Waals surface area contributed by atoms with Crippen LogP contribution >= 0.6 is 0 Å². The summed E-state index contributed by atoms with van der Waals surface area (Å²) in [4.78, 5) is 6.57. The molecule has 2 N–H and O–H groups in total. The van der Waals surface area contributed by atoms with Crippen molar-refractivity contribution < 1.29 is 14.5 Å². The van der Waals surface area contributed by atoms with Gasteiger partial charge in [0.25, 0.3) is 5.82 Å². The molecule has 3 rings (SSSR count). The van der Waals surface area contributed by atoms with E-state index in [2.05, 4.69) is 9.97 Å². The van der Waals surface area contributed by atoms with E-state index in [0.29, 0.717) is 6.61 Å². The highest BCUT2D eigenvalue weighted by Gasteiger charge is 2.09. The number of aromatic nitrogens is 2. The topological polar surface area (TPSA) is 48.4 Å². The molecular weight excluding hydrogens is 240 g/mol. The van der Waals surface area contributed by atoms with Crippen molar-refractivity contribution in [1.82, 2.24) is 4.98 Å². The van der Waals surface area contributed by atoms with E-state index in [4.69, 9.17) is 9.47 Å². The number of H-pyrrole nitrogens is 2. The van der Waals surface area contributed by atoms with Gasteiger partial charge in [0.1, 0.15) is 11.5 Å². The van der Waals surface area contributed by atoms with Gasteiger partial charge >= 0.3 is 0 Å². The predicted molar refractivity (Wildman–Crippen MR) is 72.2 cm³/mol. The van der Waals surface area contributed by atoms with Crippen LogP contribution in [0, 0.1) is 0 Å². The largest absolute Gasteiger partial charge is 0.497 e. The summed E-state index contributed by atoms with van der Waals surface area (Å²) < 4.78 is 10.8. The van der Waals surface area contributed by atoms with E-state index in [1.54, 1.807) is 7.11 Å². The average Bonchev–Trinajstić information content (AvgIpc) is 2.88. The summed E-state index contributed by atoms with van der Waals surface area (Å²) in [7, 11) is 1.65. The first kappa shape index (κ1) is 11.6. The van der Waals surface area contributed by atoms with Gasteiger partial charge in [-0.15, -0.1) is 0 Å². The van der Waals surface area contributed by atoms with Crippen molar-refractivity contribution in [3.8, 4) is 11.5 Å². The number of para-hydroxylation sites is 2. The molecule has 4 heteroatoms. The van der Waals surface area contributed by atoms with E-state index in [1.165, 1.54) is 0 Å². The summed E-state index contributed by atoms with van der Waals surface area (Å²) in [6.07, 6.45) is 0. The summed E-state index contributed by atoms with van der Waals surface area (Å²) in [6.45, 7) is 0.473. The first-order valence-electron chi connectivity index (χ1n) is 6.11. The molecule has 0 aliphatic rings. The number of hydrogen-bond donors (Lipinski definition) is 1. The van der Waals surface area contributed by atoms with Gasteiger partial charge in [-0.1, -0.05) is 12.1 Å². The number of methoxy groups -OCH3 is 1. The van der Waals surface area contributed by atoms with Crippen molar-refractivity contribution >= 4 is 11.0 Å². The maximum atomic E-state index is 5.70. The number of aromatic amines is 2. The Morgan fingerprint density at radius 3 is 2.47 bits per heavy atom. The fraction of sp³-hybridized carbons (Fsp3) is 0.133. The van der Waals surface area contributed by atoms with Crippen LogP contribution in [0.5, 0.6) is 11.5 Å². The van der Waals surface area contributed by atoms with Crippen molar-refractivity contribution in [1.29, 1.82) is 0 Å². The molecule has 19 heavy (non-hydrogen) atoms. The lowest BCUT2D eigenvalue weighted by atomic mass is 10.3. The fourth-order valence-electron chi connectivity index (χ4n) is 1.96. The molecule has 3 aromatic rings. The van der Waals surface area contributed by atoms with Crippen molar-refractivity contribution in [3.63, 3.8) is 0 Å². The quantitative estimate of drug-likeness (QED) is 0.779. The molecule has 4 nitrogen and oxygen atoms in total. The second-order valence-electron chi connectivity index (χ2n) is 4.24. The van der Waals surface area contributed by atoms with Crippen LogP contribution in [0.15, 0.2) is 48.5 Å². The van der Waals surface area contributed by atoms with Crippen LogP contribution in [0.3, 0.4) is 0 Å². The highest BCUT2D eigenvalue weighted by Crippen LogP contribution is 2.17. The molecule has 2 aromatic carbocycles. The number of fused-ring (bicyclic) bond motifs is 1. The van der Waals surface area contributed by atoms with Crippen molar-refractivity contribution in [2.45, 2.75) is 6.61 Å². The van der Waals surface area contributed by atoms with E-state index in [9.17, 15) is 0 Å². The van der Waals surface area contributed by atoms with Crippen molar-refractivity contribution in [2.24, 2.45) is 0 Å². The van der Waals surface area contributed by atoms with Crippen LogP contribution in [0.4, 0.5) is 0 Å². The molecule has 0 fully saturated rings. The number of ether oxygens (including phenoxy) is 2. The zero-order chi connectivity index (χ0) is 13.1. The third-order valence-electron chi connectivity index (χ3n) is 2.94. The van der Waals surface area contributed by atoms with Gasteiger partial charge in [-0.05, 0) is 36.4 Å². The minimum atomic E-state index is 0.473. The van der Waals surface area contributed by atoms with Crippen molar-refractivity contribution in [3.05, 3.63) is 54.4 Å². The van der Waals surface area contributed by atoms with Crippen LogP contribution in [0.2, 0.25) is 0 Å². The summed E-state index contributed by atoms with van der Waals surface area (Å²) in [5, 5.41) is 0.